The fourth-order valence-corrected chi connectivity index (χ4v) is 5.28. The molecule has 0 bridgehead atoms. The Labute approximate surface area is 95.2 Å². The van der Waals surface area contributed by atoms with Gasteiger partial charge in [0, 0.05) is 0 Å². The lowest BCUT2D eigenvalue weighted by Gasteiger charge is -2.11. The summed E-state index contributed by atoms with van der Waals surface area (Å²) in [5.74, 6) is 0. The van der Waals surface area contributed by atoms with E-state index in [0.717, 1.165) is 0 Å². The Balaban J connectivity index is 2.11. The van der Waals surface area contributed by atoms with E-state index in [2.05, 4.69) is 4.18 Å². The van der Waals surface area contributed by atoms with Crippen molar-refractivity contribution in [3.8, 4) is 0 Å². The van der Waals surface area contributed by atoms with Crippen LogP contribution in [0.2, 0.25) is 0 Å². The molecular weight excluding hydrogens is 256 g/mol. The van der Waals surface area contributed by atoms with Crippen molar-refractivity contribution in [2.45, 2.75) is 42.8 Å². The van der Waals surface area contributed by atoms with Crippen molar-refractivity contribution in [1.82, 2.24) is 0 Å². The van der Waals surface area contributed by atoms with Crippen LogP contribution in [0.5, 0.6) is 0 Å². The average molecular weight is 270 g/mol. The molecule has 0 aromatic carbocycles. The van der Waals surface area contributed by atoms with Crippen LogP contribution in [0.4, 0.5) is 0 Å². The van der Waals surface area contributed by atoms with Crippen LogP contribution in [-0.2, 0) is 28.6 Å². The molecule has 2 aliphatic heterocycles. The molecule has 2 aliphatic rings. The highest BCUT2D eigenvalue weighted by molar-refractivity contribution is 7.88. The van der Waals surface area contributed by atoms with Crippen molar-refractivity contribution in [2.75, 3.05) is 6.61 Å². The number of hydrogen-bond acceptors (Lipinski definition) is 6. The molecule has 16 heavy (non-hydrogen) atoms. The van der Waals surface area contributed by atoms with Gasteiger partial charge in [0.25, 0.3) is 20.2 Å². The van der Waals surface area contributed by atoms with Crippen molar-refractivity contribution in [3.05, 3.63) is 0 Å². The minimum absolute atomic E-state index is 0.0784. The van der Waals surface area contributed by atoms with Gasteiger partial charge in [-0.1, -0.05) is 0 Å². The minimum atomic E-state index is -3.59. The third-order valence-electron chi connectivity index (χ3n) is 2.92. The van der Waals surface area contributed by atoms with Crippen LogP contribution < -0.4 is 0 Å². The first-order valence-corrected chi connectivity index (χ1v) is 8.06. The van der Waals surface area contributed by atoms with Crippen LogP contribution in [0.1, 0.15) is 26.2 Å². The van der Waals surface area contributed by atoms with Gasteiger partial charge in [-0.25, -0.2) is 0 Å². The SMILES string of the molecule is CC1CC(CC2CCOS2(=O)=O)S(=O)(=O)O1. The maximum absolute atomic E-state index is 11.5. The highest BCUT2D eigenvalue weighted by atomic mass is 32.2. The Morgan fingerprint density at radius 2 is 1.81 bits per heavy atom. The monoisotopic (exact) mass is 270 g/mol. The Morgan fingerprint density at radius 3 is 2.25 bits per heavy atom. The molecule has 0 N–H and O–H groups in total. The maximum atomic E-state index is 11.5. The van der Waals surface area contributed by atoms with Gasteiger partial charge in [0.05, 0.1) is 23.2 Å². The summed E-state index contributed by atoms with van der Waals surface area (Å²) in [5, 5.41) is -1.43. The van der Waals surface area contributed by atoms with E-state index in [4.69, 9.17) is 4.18 Å². The first kappa shape index (κ1) is 12.3. The lowest BCUT2D eigenvalue weighted by Crippen LogP contribution is -2.25. The van der Waals surface area contributed by atoms with Crippen molar-refractivity contribution < 1.29 is 25.2 Å². The lowest BCUT2D eigenvalue weighted by molar-refractivity contribution is 0.256. The van der Waals surface area contributed by atoms with E-state index in [1.165, 1.54) is 0 Å². The predicted octanol–water partition coefficient (Wildman–Crippen LogP) is 0.00240. The second kappa shape index (κ2) is 3.94. The zero-order valence-electron chi connectivity index (χ0n) is 8.83. The fourth-order valence-electron chi connectivity index (χ4n) is 2.11. The molecule has 6 nitrogen and oxygen atoms in total. The molecule has 2 fully saturated rings. The molecule has 2 heterocycles. The topological polar surface area (TPSA) is 86.7 Å². The third kappa shape index (κ3) is 2.24. The van der Waals surface area contributed by atoms with Gasteiger partial charge < -0.3 is 0 Å². The highest BCUT2D eigenvalue weighted by Crippen LogP contribution is 2.31. The second-order valence-electron chi connectivity index (χ2n) is 4.22. The first-order valence-electron chi connectivity index (χ1n) is 5.11. The molecular formula is C8H14O6S2. The molecule has 0 saturated carbocycles. The summed E-state index contributed by atoms with van der Waals surface area (Å²) in [4.78, 5) is 0. The second-order valence-corrected chi connectivity index (χ2v) is 7.95. The van der Waals surface area contributed by atoms with Gasteiger partial charge in [-0.2, -0.15) is 16.8 Å². The van der Waals surface area contributed by atoms with E-state index >= 15 is 0 Å². The maximum Gasteiger partial charge on any atom is 0.270 e. The van der Waals surface area contributed by atoms with E-state index < -0.39 is 30.7 Å². The molecule has 0 aromatic heterocycles. The summed E-state index contributed by atoms with van der Waals surface area (Å²) in [6, 6.07) is 0. The quantitative estimate of drug-likeness (QED) is 0.657. The molecule has 0 radical (unpaired) electrons. The molecule has 0 amide bonds. The molecule has 0 spiro atoms. The van der Waals surface area contributed by atoms with Crippen molar-refractivity contribution in [2.24, 2.45) is 0 Å². The van der Waals surface area contributed by atoms with Gasteiger partial charge in [0.1, 0.15) is 0 Å². The zero-order chi connectivity index (χ0) is 12.0. The zero-order valence-corrected chi connectivity index (χ0v) is 10.5. The van der Waals surface area contributed by atoms with E-state index in [1.54, 1.807) is 6.92 Å². The van der Waals surface area contributed by atoms with Gasteiger partial charge in [0.2, 0.25) is 0 Å². The van der Waals surface area contributed by atoms with Crippen LogP contribution in [0.3, 0.4) is 0 Å². The Hall–Kier alpha value is -0.180. The van der Waals surface area contributed by atoms with Crippen LogP contribution in [0.25, 0.3) is 0 Å². The Morgan fingerprint density at radius 1 is 1.12 bits per heavy atom. The molecule has 3 unspecified atom stereocenters. The predicted molar refractivity (Wildman–Crippen MR) is 55.8 cm³/mol. The molecule has 0 aromatic rings. The molecule has 0 aliphatic carbocycles. The Bertz CT molecular complexity index is 465. The van der Waals surface area contributed by atoms with Gasteiger partial charge in [-0.05, 0) is 26.2 Å². The van der Waals surface area contributed by atoms with E-state index in [0.29, 0.717) is 12.8 Å². The van der Waals surface area contributed by atoms with Crippen molar-refractivity contribution >= 4 is 20.2 Å². The van der Waals surface area contributed by atoms with Crippen LogP contribution in [-0.4, -0.2) is 40.0 Å². The molecule has 2 saturated heterocycles. The molecule has 3 atom stereocenters. The summed E-state index contributed by atoms with van der Waals surface area (Å²) < 4.78 is 55.2. The number of hydrogen-bond donors (Lipinski definition) is 0. The van der Waals surface area contributed by atoms with E-state index in [9.17, 15) is 16.8 Å². The largest absolute Gasteiger partial charge is 0.270 e. The van der Waals surface area contributed by atoms with Gasteiger partial charge in [-0.3, -0.25) is 8.37 Å². The van der Waals surface area contributed by atoms with Crippen molar-refractivity contribution in [1.29, 1.82) is 0 Å². The minimum Gasteiger partial charge on any atom is -0.270 e. The summed E-state index contributed by atoms with van der Waals surface area (Å²) >= 11 is 0. The van der Waals surface area contributed by atoms with Crippen LogP contribution >= 0.6 is 0 Å². The molecule has 2 rings (SSSR count). The highest BCUT2D eigenvalue weighted by Gasteiger charge is 2.43. The lowest BCUT2D eigenvalue weighted by atomic mass is 10.1. The van der Waals surface area contributed by atoms with Crippen LogP contribution in [0, 0.1) is 0 Å². The van der Waals surface area contributed by atoms with Gasteiger partial charge in [-0.15, -0.1) is 0 Å². The summed E-state index contributed by atoms with van der Waals surface area (Å²) in [7, 11) is -7.16. The first-order chi connectivity index (χ1) is 7.31. The molecule has 94 valence electrons. The smallest absolute Gasteiger partial charge is 0.270 e. The molecule has 8 heteroatoms. The van der Waals surface area contributed by atoms with Crippen LogP contribution in [0.15, 0.2) is 0 Å². The van der Waals surface area contributed by atoms with Gasteiger partial charge in [0.15, 0.2) is 0 Å². The fraction of sp³-hybridized carbons (Fsp3) is 1.00. The average Bonchev–Trinajstić information content (AvgIpc) is 2.54. The normalized spacial score (nSPS) is 41.2. The van der Waals surface area contributed by atoms with Gasteiger partial charge >= 0.3 is 0 Å². The summed E-state index contributed by atoms with van der Waals surface area (Å²) in [6.07, 6.45) is 0.437. The van der Waals surface area contributed by atoms with Crippen molar-refractivity contribution in [3.63, 3.8) is 0 Å². The number of rotatable bonds is 2. The standard InChI is InChI=1S/C8H14O6S2/c1-6-4-8(16(11,12)14-6)5-7-2-3-13-15(7,9)10/h6-8H,2-5H2,1H3. The van der Waals surface area contributed by atoms with E-state index in [-0.39, 0.29) is 19.1 Å². The van der Waals surface area contributed by atoms with E-state index in [1.807, 2.05) is 0 Å². The summed E-state index contributed by atoms with van der Waals surface area (Å²) in [5.41, 5.74) is 0. The third-order valence-corrected chi connectivity index (χ3v) is 6.46. The Kier molecular flexibility index (Phi) is 3.02. The summed E-state index contributed by atoms with van der Waals surface area (Å²) in [6.45, 7) is 1.81.